The number of unbranched alkanes of at least 4 members (excludes halogenated alkanes) is 4. The molecule has 114 valence electrons. The van der Waals surface area contributed by atoms with E-state index in [4.69, 9.17) is 4.74 Å². The molecule has 0 fully saturated rings. The third-order valence-corrected chi connectivity index (χ3v) is 3.53. The van der Waals surface area contributed by atoms with Gasteiger partial charge in [-0.15, -0.1) is 0 Å². The molecular weight excluding hydrogens is 236 g/mol. The molecule has 1 unspecified atom stereocenters. The molecule has 0 aliphatic heterocycles. The zero-order valence-corrected chi connectivity index (χ0v) is 13.5. The molecule has 0 aromatic carbocycles. The summed E-state index contributed by atoms with van der Waals surface area (Å²) in [5.74, 6) is 0.843. The van der Waals surface area contributed by atoms with Crippen LogP contribution in [0, 0.1) is 11.8 Å². The molecule has 0 aromatic rings. The predicted octanol–water partition coefficient (Wildman–Crippen LogP) is 5.35. The summed E-state index contributed by atoms with van der Waals surface area (Å²) in [7, 11) is 0. The van der Waals surface area contributed by atoms with E-state index in [1.54, 1.807) is 0 Å². The first-order chi connectivity index (χ1) is 9.11. The SMILES string of the molecule is CCCCCCCC(CCC(C)C)C(=O)OCCC. The van der Waals surface area contributed by atoms with E-state index < -0.39 is 0 Å². The molecule has 1 atom stereocenters. The first kappa shape index (κ1) is 18.5. The second-order valence-corrected chi connectivity index (χ2v) is 6.04. The molecule has 0 aromatic heterocycles. The summed E-state index contributed by atoms with van der Waals surface area (Å²) in [6.45, 7) is 9.28. The lowest BCUT2D eigenvalue weighted by Gasteiger charge is -2.17. The molecule has 0 saturated carbocycles. The fourth-order valence-corrected chi connectivity index (χ4v) is 2.23. The van der Waals surface area contributed by atoms with Crippen molar-refractivity contribution < 1.29 is 9.53 Å². The van der Waals surface area contributed by atoms with Gasteiger partial charge in [0.15, 0.2) is 0 Å². The van der Waals surface area contributed by atoms with Crippen LogP contribution in [0.25, 0.3) is 0 Å². The number of carbonyl (C=O) groups excluding carboxylic acids is 1. The highest BCUT2D eigenvalue weighted by atomic mass is 16.5. The van der Waals surface area contributed by atoms with Crippen LogP contribution in [-0.2, 0) is 9.53 Å². The average molecular weight is 270 g/mol. The number of rotatable bonds is 12. The van der Waals surface area contributed by atoms with Crippen LogP contribution >= 0.6 is 0 Å². The van der Waals surface area contributed by atoms with E-state index in [0.717, 1.165) is 25.7 Å². The van der Waals surface area contributed by atoms with E-state index in [-0.39, 0.29) is 11.9 Å². The van der Waals surface area contributed by atoms with Crippen molar-refractivity contribution in [3.63, 3.8) is 0 Å². The van der Waals surface area contributed by atoms with Gasteiger partial charge in [0.2, 0.25) is 0 Å². The van der Waals surface area contributed by atoms with E-state index in [9.17, 15) is 4.79 Å². The largest absolute Gasteiger partial charge is 0.465 e. The predicted molar refractivity (Wildman–Crippen MR) is 82.2 cm³/mol. The van der Waals surface area contributed by atoms with Gasteiger partial charge in [-0.3, -0.25) is 4.79 Å². The lowest BCUT2D eigenvalue weighted by atomic mass is 9.93. The number of ether oxygens (including phenoxy) is 1. The smallest absolute Gasteiger partial charge is 0.308 e. The summed E-state index contributed by atoms with van der Waals surface area (Å²) in [6, 6.07) is 0. The van der Waals surface area contributed by atoms with E-state index in [0.29, 0.717) is 12.5 Å². The molecule has 0 aliphatic carbocycles. The van der Waals surface area contributed by atoms with E-state index in [2.05, 4.69) is 20.8 Å². The third kappa shape index (κ3) is 11.0. The molecule has 0 spiro atoms. The summed E-state index contributed by atoms with van der Waals surface area (Å²) in [5.41, 5.74) is 0. The monoisotopic (exact) mass is 270 g/mol. The third-order valence-electron chi connectivity index (χ3n) is 3.53. The zero-order valence-electron chi connectivity index (χ0n) is 13.5. The van der Waals surface area contributed by atoms with Crippen LogP contribution in [-0.4, -0.2) is 12.6 Å². The minimum absolute atomic E-state index is 0.0398. The minimum atomic E-state index is 0.0398. The molecule has 2 nitrogen and oxygen atoms in total. The Bertz CT molecular complexity index is 211. The van der Waals surface area contributed by atoms with Gasteiger partial charge in [0, 0.05) is 0 Å². The Morgan fingerprint density at radius 1 is 0.895 bits per heavy atom. The minimum Gasteiger partial charge on any atom is -0.465 e. The van der Waals surface area contributed by atoms with Crippen molar-refractivity contribution in [2.24, 2.45) is 11.8 Å². The summed E-state index contributed by atoms with van der Waals surface area (Å²) in [6.07, 6.45) is 10.4. The second-order valence-electron chi connectivity index (χ2n) is 6.04. The first-order valence-electron chi connectivity index (χ1n) is 8.28. The highest BCUT2D eigenvalue weighted by Gasteiger charge is 2.19. The van der Waals surface area contributed by atoms with E-state index >= 15 is 0 Å². The zero-order chi connectivity index (χ0) is 14.5. The van der Waals surface area contributed by atoms with E-state index in [1.807, 2.05) is 6.92 Å². The summed E-state index contributed by atoms with van der Waals surface area (Å²) >= 11 is 0. The molecular formula is C17H34O2. The Morgan fingerprint density at radius 3 is 2.16 bits per heavy atom. The summed E-state index contributed by atoms with van der Waals surface area (Å²) in [5, 5.41) is 0. The van der Waals surface area contributed by atoms with Crippen LogP contribution in [0.4, 0.5) is 0 Å². The van der Waals surface area contributed by atoms with Crippen LogP contribution in [0.15, 0.2) is 0 Å². The van der Waals surface area contributed by atoms with Crippen LogP contribution < -0.4 is 0 Å². The lowest BCUT2D eigenvalue weighted by Crippen LogP contribution is -2.19. The van der Waals surface area contributed by atoms with Gasteiger partial charge >= 0.3 is 5.97 Å². The second kappa shape index (κ2) is 12.5. The summed E-state index contributed by atoms with van der Waals surface area (Å²) < 4.78 is 5.32. The van der Waals surface area contributed by atoms with Gasteiger partial charge in [0.1, 0.15) is 0 Å². The van der Waals surface area contributed by atoms with Gasteiger partial charge in [-0.2, -0.15) is 0 Å². The van der Waals surface area contributed by atoms with Crippen molar-refractivity contribution in [3.05, 3.63) is 0 Å². The molecule has 0 aliphatic rings. The molecule has 19 heavy (non-hydrogen) atoms. The topological polar surface area (TPSA) is 26.3 Å². The first-order valence-corrected chi connectivity index (χ1v) is 8.28. The summed E-state index contributed by atoms with van der Waals surface area (Å²) in [4.78, 5) is 12.0. The molecule has 0 N–H and O–H groups in total. The van der Waals surface area contributed by atoms with Crippen molar-refractivity contribution in [2.45, 2.75) is 85.5 Å². The average Bonchev–Trinajstić information content (AvgIpc) is 2.38. The van der Waals surface area contributed by atoms with Gasteiger partial charge in [0.05, 0.1) is 12.5 Å². The Balaban J connectivity index is 3.98. The van der Waals surface area contributed by atoms with Gasteiger partial charge in [-0.1, -0.05) is 66.2 Å². The molecule has 0 bridgehead atoms. The molecule has 2 heteroatoms. The number of hydrogen-bond acceptors (Lipinski definition) is 2. The quantitative estimate of drug-likeness (QED) is 0.353. The van der Waals surface area contributed by atoms with Crippen molar-refractivity contribution in [1.29, 1.82) is 0 Å². The maximum atomic E-state index is 12.0. The Morgan fingerprint density at radius 2 is 1.58 bits per heavy atom. The van der Waals surface area contributed by atoms with Crippen molar-refractivity contribution in [1.82, 2.24) is 0 Å². The van der Waals surface area contributed by atoms with Crippen LogP contribution in [0.5, 0.6) is 0 Å². The van der Waals surface area contributed by atoms with E-state index in [1.165, 1.54) is 32.1 Å². The van der Waals surface area contributed by atoms with Crippen LogP contribution in [0.2, 0.25) is 0 Å². The van der Waals surface area contributed by atoms with Crippen LogP contribution in [0.1, 0.15) is 85.5 Å². The standard InChI is InChI=1S/C17H34O2/c1-5-7-8-9-10-11-16(13-12-15(3)4)17(18)19-14-6-2/h15-16H,5-14H2,1-4H3. The van der Waals surface area contributed by atoms with Crippen molar-refractivity contribution >= 4 is 5.97 Å². The maximum Gasteiger partial charge on any atom is 0.308 e. The van der Waals surface area contributed by atoms with Gasteiger partial charge in [0.25, 0.3) is 0 Å². The highest BCUT2D eigenvalue weighted by Crippen LogP contribution is 2.20. The lowest BCUT2D eigenvalue weighted by molar-refractivity contribution is -0.149. The number of carbonyl (C=O) groups is 1. The van der Waals surface area contributed by atoms with Crippen molar-refractivity contribution in [3.8, 4) is 0 Å². The normalized spacial score (nSPS) is 12.7. The number of esters is 1. The molecule has 0 heterocycles. The maximum absolute atomic E-state index is 12.0. The Labute approximate surface area is 120 Å². The Hall–Kier alpha value is -0.530. The fraction of sp³-hybridized carbons (Fsp3) is 0.941. The molecule has 0 rings (SSSR count). The van der Waals surface area contributed by atoms with Crippen molar-refractivity contribution in [2.75, 3.05) is 6.61 Å². The van der Waals surface area contributed by atoms with Gasteiger partial charge in [-0.05, 0) is 25.2 Å². The highest BCUT2D eigenvalue weighted by molar-refractivity contribution is 5.72. The fourth-order valence-electron chi connectivity index (χ4n) is 2.23. The Kier molecular flexibility index (Phi) is 12.2. The molecule has 0 saturated heterocycles. The van der Waals surface area contributed by atoms with Crippen LogP contribution in [0.3, 0.4) is 0 Å². The van der Waals surface area contributed by atoms with Gasteiger partial charge in [-0.25, -0.2) is 0 Å². The van der Waals surface area contributed by atoms with Gasteiger partial charge < -0.3 is 4.74 Å². The number of hydrogen-bond donors (Lipinski definition) is 0. The molecule has 0 amide bonds. The molecule has 0 radical (unpaired) electrons.